The van der Waals surface area contributed by atoms with Crippen molar-refractivity contribution < 1.29 is 4.42 Å². The Kier molecular flexibility index (Phi) is 5.58. The van der Waals surface area contributed by atoms with Crippen LogP contribution in [-0.4, -0.2) is 0 Å². The summed E-state index contributed by atoms with van der Waals surface area (Å²) in [6.45, 7) is 4.67. The van der Waals surface area contributed by atoms with Gasteiger partial charge >= 0.3 is 0 Å². The molecule has 45 heavy (non-hydrogen) atoms. The van der Waals surface area contributed by atoms with Gasteiger partial charge in [-0.1, -0.05) is 129 Å². The molecule has 2 heteroatoms. The fraction of sp³-hybridized carbons (Fsp3) is 0.0698. The zero-order chi connectivity index (χ0) is 30.1. The quantitative estimate of drug-likeness (QED) is 0.207. The molecule has 1 heterocycles. The third-order valence-electron chi connectivity index (χ3n) is 9.65. The van der Waals surface area contributed by atoms with Gasteiger partial charge in [0.15, 0.2) is 0 Å². The van der Waals surface area contributed by atoms with Gasteiger partial charge in [0.25, 0.3) is 0 Å². The maximum atomic E-state index is 6.63. The van der Waals surface area contributed by atoms with Gasteiger partial charge in [-0.2, -0.15) is 0 Å². The molecule has 0 N–H and O–H groups in total. The highest BCUT2D eigenvalue weighted by Crippen LogP contribution is 2.52. The van der Waals surface area contributed by atoms with E-state index in [9.17, 15) is 0 Å². The lowest BCUT2D eigenvalue weighted by molar-refractivity contribution is 0.660. The van der Waals surface area contributed by atoms with Crippen molar-refractivity contribution >= 4 is 49.8 Å². The van der Waals surface area contributed by atoms with Crippen LogP contribution in [-0.2, 0) is 5.41 Å². The first-order valence-electron chi connectivity index (χ1n) is 15.6. The number of hydrogen-bond donors (Lipinski definition) is 0. The van der Waals surface area contributed by atoms with E-state index in [-0.39, 0.29) is 5.41 Å². The monoisotopic (exact) mass is 577 g/mol. The fourth-order valence-corrected chi connectivity index (χ4v) is 7.42. The summed E-state index contributed by atoms with van der Waals surface area (Å²) in [4.78, 5) is 2.42. The summed E-state index contributed by atoms with van der Waals surface area (Å²) in [5.41, 5.74) is 12.9. The van der Waals surface area contributed by atoms with Crippen molar-refractivity contribution in [1.29, 1.82) is 0 Å². The number of hydrogen-bond acceptors (Lipinski definition) is 2. The van der Waals surface area contributed by atoms with E-state index in [1.807, 2.05) is 6.07 Å². The molecule has 0 bridgehead atoms. The molecule has 0 saturated heterocycles. The average Bonchev–Trinajstić information content (AvgIpc) is 3.59. The Bertz CT molecular complexity index is 2400. The normalized spacial score (nSPS) is 13.3. The predicted octanol–water partition coefficient (Wildman–Crippen LogP) is 12.2. The van der Waals surface area contributed by atoms with Crippen LogP contribution in [0.25, 0.3) is 55.0 Å². The van der Waals surface area contributed by atoms with Gasteiger partial charge in [0.05, 0.1) is 11.1 Å². The Hall–Kier alpha value is -5.60. The summed E-state index contributed by atoms with van der Waals surface area (Å²) in [6.07, 6.45) is 0. The van der Waals surface area contributed by atoms with Crippen LogP contribution in [0.15, 0.2) is 156 Å². The third kappa shape index (κ3) is 3.89. The Balaban J connectivity index is 1.34. The molecule has 1 aliphatic carbocycles. The highest BCUT2D eigenvalue weighted by molar-refractivity contribution is 6.22. The lowest BCUT2D eigenvalue weighted by atomic mass is 9.82. The molecule has 0 amide bonds. The van der Waals surface area contributed by atoms with Gasteiger partial charge in [-0.3, -0.25) is 0 Å². The van der Waals surface area contributed by atoms with Gasteiger partial charge < -0.3 is 9.32 Å². The summed E-state index contributed by atoms with van der Waals surface area (Å²) < 4.78 is 6.63. The summed E-state index contributed by atoms with van der Waals surface area (Å²) in [5, 5.41) is 4.51. The van der Waals surface area contributed by atoms with E-state index in [0.29, 0.717) is 0 Å². The minimum atomic E-state index is -0.0520. The average molecular weight is 578 g/mol. The number of furan rings is 1. The molecule has 7 aromatic carbocycles. The molecular formula is C43H31NO. The van der Waals surface area contributed by atoms with Crippen LogP contribution in [0.3, 0.4) is 0 Å². The highest BCUT2D eigenvalue weighted by Gasteiger charge is 2.35. The molecule has 1 aromatic heterocycles. The van der Waals surface area contributed by atoms with Crippen LogP contribution < -0.4 is 4.90 Å². The predicted molar refractivity (Wildman–Crippen MR) is 189 cm³/mol. The van der Waals surface area contributed by atoms with E-state index in [4.69, 9.17) is 4.42 Å². The molecule has 0 unspecified atom stereocenters. The largest absolute Gasteiger partial charge is 0.455 e. The molecule has 2 nitrogen and oxygen atoms in total. The Morgan fingerprint density at radius 3 is 2.00 bits per heavy atom. The number of nitrogens with zero attached hydrogens (tertiary/aromatic N) is 1. The van der Waals surface area contributed by atoms with E-state index in [1.54, 1.807) is 0 Å². The van der Waals surface area contributed by atoms with Crippen molar-refractivity contribution in [2.45, 2.75) is 19.3 Å². The zero-order valence-electron chi connectivity index (χ0n) is 25.3. The first-order chi connectivity index (χ1) is 22.1. The maximum Gasteiger partial charge on any atom is 0.145 e. The molecule has 0 aliphatic heterocycles. The number of para-hydroxylation sites is 1. The number of fused-ring (bicyclic) bond motifs is 8. The van der Waals surface area contributed by atoms with Crippen molar-refractivity contribution in [2.24, 2.45) is 0 Å². The Labute approximate surface area is 262 Å². The fourth-order valence-electron chi connectivity index (χ4n) is 7.42. The van der Waals surface area contributed by atoms with E-state index in [1.165, 1.54) is 33.4 Å². The first-order valence-corrected chi connectivity index (χ1v) is 15.6. The second-order valence-corrected chi connectivity index (χ2v) is 12.6. The molecule has 0 radical (unpaired) electrons. The number of benzene rings is 7. The van der Waals surface area contributed by atoms with Gasteiger partial charge in [0, 0.05) is 27.6 Å². The van der Waals surface area contributed by atoms with Gasteiger partial charge in [-0.25, -0.2) is 0 Å². The minimum absolute atomic E-state index is 0.0520. The minimum Gasteiger partial charge on any atom is -0.455 e. The van der Waals surface area contributed by atoms with E-state index in [2.05, 4.69) is 164 Å². The molecular weight excluding hydrogens is 546 g/mol. The van der Waals surface area contributed by atoms with E-state index < -0.39 is 0 Å². The van der Waals surface area contributed by atoms with Crippen LogP contribution >= 0.6 is 0 Å². The lowest BCUT2D eigenvalue weighted by Gasteiger charge is -2.28. The first kappa shape index (κ1) is 25.9. The van der Waals surface area contributed by atoms with Crippen molar-refractivity contribution in [3.8, 4) is 22.3 Å². The van der Waals surface area contributed by atoms with Crippen LogP contribution in [0.2, 0.25) is 0 Å². The highest BCUT2D eigenvalue weighted by atomic mass is 16.3. The third-order valence-corrected chi connectivity index (χ3v) is 9.65. The second-order valence-electron chi connectivity index (χ2n) is 12.6. The molecule has 0 fully saturated rings. The van der Waals surface area contributed by atoms with E-state index >= 15 is 0 Å². The molecule has 214 valence electrons. The van der Waals surface area contributed by atoms with Gasteiger partial charge in [-0.05, 0) is 75.2 Å². The van der Waals surface area contributed by atoms with Crippen molar-refractivity contribution in [2.75, 3.05) is 4.90 Å². The van der Waals surface area contributed by atoms with Gasteiger partial charge in [0.1, 0.15) is 11.2 Å². The smallest absolute Gasteiger partial charge is 0.145 e. The Morgan fingerprint density at radius 1 is 0.511 bits per heavy atom. The topological polar surface area (TPSA) is 16.4 Å². The standard InChI is InChI=1S/C43H31NO/c1-43(2)37-18-10-8-16-34(37)36-27-32(24-25-38(36)43)44(31-22-20-29(21-23-31)28-12-4-3-5-13-28)39-26-30-14-6-7-15-33(30)42-41(39)35-17-9-11-19-40(35)45-42/h3-27H,1-2H3. The van der Waals surface area contributed by atoms with Crippen molar-refractivity contribution in [1.82, 2.24) is 0 Å². The second kappa shape index (κ2) is 9.70. The summed E-state index contributed by atoms with van der Waals surface area (Å²) in [7, 11) is 0. The van der Waals surface area contributed by atoms with Crippen molar-refractivity contribution in [3.63, 3.8) is 0 Å². The molecule has 9 rings (SSSR count). The van der Waals surface area contributed by atoms with Crippen LogP contribution in [0.4, 0.5) is 17.1 Å². The van der Waals surface area contributed by atoms with Crippen LogP contribution in [0, 0.1) is 0 Å². The summed E-state index contributed by atoms with van der Waals surface area (Å²) >= 11 is 0. The zero-order valence-corrected chi connectivity index (χ0v) is 25.3. The van der Waals surface area contributed by atoms with Crippen LogP contribution in [0.5, 0.6) is 0 Å². The molecule has 0 saturated carbocycles. The lowest BCUT2D eigenvalue weighted by Crippen LogP contribution is -2.15. The summed E-state index contributed by atoms with van der Waals surface area (Å²) in [5.74, 6) is 0. The van der Waals surface area contributed by atoms with Gasteiger partial charge in [-0.15, -0.1) is 0 Å². The van der Waals surface area contributed by atoms with Gasteiger partial charge in [0.2, 0.25) is 0 Å². The van der Waals surface area contributed by atoms with E-state index in [0.717, 1.165) is 49.8 Å². The Morgan fingerprint density at radius 2 is 1.16 bits per heavy atom. The number of anilines is 3. The molecule has 8 aromatic rings. The van der Waals surface area contributed by atoms with Crippen molar-refractivity contribution in [3.05, 3.63) is 163 Å². The van der Waals surface area contributed by atoms with Crippen LogP contribution in [0.1, 0.15) is 25.0 Å². The SMILES string of the molecule is CC1(C)c2ccccc2-c2cc(N(c3ccc(-c4ccccc4)cc3)c3cc4ccccc4c4oc5ccccc5c34)ccc21. The maximum absolute atomic E-state index is 6.63. The number of rotatable bonds is 4. The molecule has 1 aliphatic rings. The molecule has 0 spiro atoms. The molecule has 0 atom stereocenters. The summed E-state index contributed by atoms with van der Waals surface area (Å²) in [6, 6.07) is 54.7.